The maximum atomic E-state index is 11.5. The van der Waals surface area contributed by atoms with Gasteiger partial charge in [-0.15, -0.1) is 0 Å². The van der Waals surface area contributed by atoms with Gasteiger partial charge >= 0.3 is 0 Å². The van der Waals surface area contributed by atoms with Crippen molar-refractivity contribution < 1.29 is 4.79 Å². The van der Waals surface area contributed by atoms with Gasteiger partial charge in [0.1, 0.15) is 5.54 Å². The maximum Gasteiger partial charge on any atom is 0.239 e. The van der Waals surface area contributed by atoms with Crippen LogP contribution < -0.4 is 11.5 Å². The van der Waals surface area contributed by atoms with Crippen molar-refractivity contribution in [2.75, 3.05) is 0 Å². The topological polar surface area (TPSA) is 86.9 Å². The highest BCUT2D eigenvalue weighted by Crippen LogP contribution is 2.39. The Morgan fingerprint density at radius 1 is 1.59 bits per heavy atom. The van der Waals surface area contributed by atoms with Gasteiger partial charge < -0.3 is 11.5 Å². The van der Waals surface area contributed by atoms with Crippen molar-refractivity contribution in [3.05, 3.63) is 16.4 Å². The van der Waals surface area contributed by atoms with Gasteiger partial charge in [-0.3, -0.25) is 9.48 Å². The summed E-state index contributed by atoms with van der Waals surface area (Å²) in [5, 5.41) is 4.90. The van der Waals surface area contributed by atoms with E-state index in [2.05, 4.69) is 5.10 Å². The predicted molar refractivity (Wildman–Crippen MR) is 65.5 cm³/mol. The predicted octanol–water partition coefficient (Wildman–Crippen LogP) is 0.746. The highest BCUT2D eigenvalue weighted by atomic mass is 35.5. The first kappa shape index (κ1) is 12.4. The molecule has 1 aliphatic carbocycles. The van der Waals surface area contributed by atoms with Crippen LogP contribution in [0.4, 0.5) is 0 Å². The summed E-state index contributed by atoms with van der Waals surface area (Å²) in [6.45, 7) is 3.98. The molecule has 1 atom stereocenters. The fraction of sp³-hybridized carbons (Fsp3) is 0.636. The van der Waals surface area contributed by atoms with E-state index in [-0.39, 0.29) is 5.92 Å². The molecule has 94 valence electrons. The summed E-state index contributed by atoms with van der Waals surface area (Å²) in [7, 11) is 0. The molecule has 1 aliphatic rings. The van der Waals surface area contributed by atoms with Gasteiger partial charge in [-0.25, -0.2) is 0 Å². The van der Waals surface area contributed by atoms with Gasteiger partial charge in [0.25, 0.3) is 0 Å². The standard InChI is InChI=1S/C11H17ClN4O/c1-6-9(12)7(2)16(15-6)5-11(14,10(13)17)8-3-4-8/h8H,3-5,14H2,1-2H3,(H2,13,17). The zero-order valence-corrected chi connectivity index (χ0v) is 10.8. The lowest BCUT2D eigenvalue weighted by Crippen LogP contribution is -2.57. The Morgan fingerprint density at radius 2 is 2.18 bits per heavy atom. The van der Waals surface area contributed by atoms with Crippen LogP contribution >= 0.6 is 11.6 Å². The number of nitrogens with two attached hydrogens (primary N) is 2. The Kier molecular flexibility index (Phi) is 2.91. The third kappa shape index (κ3) is 2.05. The average Bonchev–Trinajstić information content (AvgIpc) is 3.06. The molecular weight excluding hydrogens is 240 g/mol. The van der Waals surface area contributed by atoms with Crippen molar-refractivity contribution in [2.24, 2.45) is 17.4 Å². The minimum absolute atomic E-state index is 0.169. The average molecular weight is 257 g/mol. The third-order valence-corrected chi connectivity index (χ3v) is 4.02. The zero-order valence-electron chi connectivity index (χ0n) is 10.0. The van der Waals surface area contributed by atoms with Crippen LogP contribution in [0.2, 0.25) is 5.02 Å². The van der Waals surface area contributed by atoms with Crippen LogP contribution in [-0.2, 0) is 11.3 Å². The van der Waals surface area contributed by atoms with Crippen molar-refractivity contribution in [1.29, 1.82) is 0 Å². The number of aryl methyl sites for hydroxylation is 1. The van der Waals surface area contributed by atoms with E-state index in [0.29, 0.717) is 11.6 Å². The summed E-state index contributed by atoms with van der Waals surface area (Å²) in [6, 6.07) is 0. The molecule has 0 bridgehead atoms. The molecule has 6 heteroatoms. The maximum absolute atomic E-state index is 11.5. The largest absolute Gasteiger partial charge is 0.368 e. The first-order valence-corrected chi connectivity index (χ1v) is 6.02. The van der Waals surface area contributed by atoms with Gasteiger partial charge in [0.15, 0.2) is 0 Å². The van der Waals surface area contributed by atoms with E-state index in [0.717, 1.165) is 24.2 Å². The monoisotopic (exact) mass is 256 g/mol. The Bertz CT molecular complexity index is 466. The second-order valence-corrected chi connectivity index (χ2v) is 5.20. The molecule has 1 amide bonds. The first-order chi connectivity index (χ1) is 7.86. The minimum Gasteiger partial charge on any atom is -0.368 e. The van der Waals surface area contributed by atoms with E-state index in [1.54, 1.807) is 4.68 Å². The van der Waals surface area contributed by atoms with Crippen molar-refractivity contribution in [3.63, 3.8) is 0 Å². The van der Waals surface area contributed by atoms with E-state index >= 15 is 0 Å². The van der Waals surface area contributed by atoms with E-state index in [1.165, 1.54) is 0 Å². The van der Waals surface area contributed by atoms with Crippen LogP contribution in [0.5, 0.6) is 0 Å². The Balaban J connectivity index is 2.29. The van der Waals surface area contributed by atoms with E-state index in [9.17, 15) is 4.79 Å². The van der Waals surface area contributed by atoms with Crippen molar-refractivity contribution >= 4 is 17.5 Å². The summed E-state index contributed by atoms with van der Waals surface area (Å²) in [5.41, 5.74) is 12.1. The summed E-state index contributed by atoms with van der Waals surface area (Å²) in [5.74, 6) is -0.300. The number of carbonyl (C=O) groups excluding carboxylic acids is 1. The number of hydrogen-bond acceptors (Lipinski definition) is 3. The fourth-order valence-corrected chi connectivity index (χ4v) is 2.22. The van der Waals surface area contributed by atoms with E-state index < -0.39 is 11.4 Å². The number of primary amides is 1. The molecule has 1 unspecified atom stereocenters. The number of hydrogen-bond donors (Lipinski definition) is 2. The van der Waals surface area contributed by atoms with Gasteiger partial charge in [0, 0.05) is 0 Å². The van der Waals surface area contributed by atoms with Gasteiger partial charge in [-0.2, -0.15) is 5.10 Å². The third-order valence-electron chi connectivity index (χ3n) is 3.47. The molecule has 0 spiro atoms. The van der Waals surface area contributed by atoms with Gasteiger partial charge in [-0.1, -0.05) is 11.6 Å². The Morgan fingerprint density at radius 3 is 2.53 bits per heavy atom. The van der Waals surface area contributed by atoms with E-state index in [4.69, 9.17) is 23.1 Å². The molecule has 0 aliphatic heterocycles. The molecule has 4 N–H and O–H groups in total. The highest BCUT2D eigenvalue weighted by molar-refractivity contribution is 6.31. The molecule has 0 saturated heterocycles. The quantitative estimate of drug-likeness (QED) is 0.833. The van der Waals surface area contributed by atoms with Crippen molar-refractivity contribution in [2.45, 2.75) is 38.8 Å². The lowest BCUT2D eigenvalue weighted by Gasteiger charge is -2.26. The zero-order chi connectivity index (χ0) is 12.8. The van der Waals surface area contributed by atoms with Crippen LogP contribution in [0.1, 0.15) is 24.2 Å². The molecule has 17 heavy (non-hydrogen) atoms. The number of nitrogens with zero attached hydrogens (tertiary/aromatic N) is 2. The second-order valence-electron chi connectivity index (χ2n) is 4.82. The van der Waals surface area contributed by atoms with Crippen molar-refractivity contribution in [3.8, 4) is 0 Å². The number of rotatable bonds is 4. The molecule has 1 saturated carbocycles. The molecular formula is C11H17ClN4O. The number of amides is 1. The fourth-order valence-electron chi connectivity index (χ4n) is 2.08. The van der Waals surface area contributed by atoms with E-state index in [1.807, 2.05) is 13.8 Å². The SMILES string of the molecule is Cc1nn(CC(N)(C(N)=O)C2CC2)c(C)c1Cl. The lowest BCUT2D eigenvalue weighted by atomic mass is 9.93. The van der Waals surface area contributed by atoms with Gasteiger partial charge in [0.05, 0.1) is 23.0 Å². The summed E-state index contributed by atoms with van der Waals surface area (Å²) >= 11 is 6.06. The first-order valence-electron chi connectivity index (χ1n) is 5.64. The van der Waals surface area contributed by atoms with Crippen LogP contribution in [0.25, 0.3) is 0 Å². The molecule has 0 radical (unpaired) electrons. The number of aromatic nitrogens is 2. The van der Waals surface area contributed by atoms with Crippen LogP contribution in [0.15, 0.2) is 0 Å². The summed E-state index contributed by atoms with van der Waals surface area (Å²) in [6.07, 6.45) is 1.90. The Hall–Kier alpha value is -1.07. The summed E-state index contributed by atoms with van der Waals surface area (Å²) in [4.78, 5) is 11.5. The molecule has 1 heterocycles. The summed E-state index contributed by atoms with van der Waals surface area (Å²) < 4.78 is 1.68. The van der Waals surface area contributed by atoms with Gasteiger partial charge in [0.2, 0.25) is 5.91 Å². The molecule has 5 nitrogen and oxygen atoms in total. The number of carbonyl (C=O) groups is 1. The van der Waals surface area contributed by atoms with Gasteiger partial charge in [-0.05, 0) is 32.6 Å². The van der Waals surface area contributed by atoms with Crippen LogP contribution in [-0.4, -0.2) is 21.2 Å². The molecule has 1 aromatic rings. The molecule has 0 aromatic carbocycles. The highest BCUT2D eigenvalue weighted by Gasteiger charge is 2.47. The second kappa shape index (κ2) is 3.99. The molecule has 1 fully saturated rings. The van der Waals surface area contributed by atoms with Crippen LogP contribution in [0, 0.1) is 19.8 Å². The van der Waals surface area contributed by atoms with Crippen molar-refractivity contribution in [1.82, 2.24) is 9.78 Å². The smallest absolute Gasteiger partial charge is 0.239 e. The normalized spacial score (nSPS) is 19.1. The molecule has 2 rings (SSSR count). The Labute approximate surface area is 105 Å². The minimum atomic E-state index is -1.01. The molecule has 1 aromatic heterocycles. The number of halogens is 1. The lowest BCUT2D eigenvalue weighted by molar-refractivity contribution is -0.124. The van der Waals surface area contributed by atoms with Crippen LogP contribution in [0.3, 0.4) is 0 Å².